The van der Waals surface area contributed by atoms with Gasteiger partial charge in [0.1, 0.15) is 5.60 Å². The van der Waals surface area contributed by atoms with Crippen LogP contribution in [0.25, 0.3) is 0 Å². The molecule has 0 unspecified atom stereocenters. The predicted octanol–water partition coefficient (Wildman–Crippen LogP) is 5.28. The van der Waals surface area contributed by atoms with Gasteiger partial charge in [-0.3, -0.25) is 15.0 Å². The smallest absolute Gasteiger partial charge is 0.411 e. The van der Waals surface area contributed by atoms with Crippen molar-refractivity contribution in [3.05, 3.63) is 75.8 Å². The van der Waals surface area contributed by atoms with Gasteiger partial charge in [0.2, 0.25) is 0 Å². The summed E-state index contributed by atoms with van der Waals surface area (Å²) in [6.07, 6.45) is 1.88. The molecule has 2 atom stereocenters. The van der Waals surface area contributed by atoms with E-state index >= 15 is 0 Å². The minimum Gasteiger partial charge on any atom is -0.444 e. The maximum absolute atomic E-state index is 13.0. The molecule has 28 heavy (non-hydrogen) atoms. The van der Waals surface area contributed by atoms with E-state index in [9.17, 15) is 14.9 Å². The maximum atomic E-state index is 13.0. The van der Waals surface area contributed by atoms with Gasteiger partial charge in [-0.1, -0.05) is 42.5 Å². The first-order valence-corrected chi connectivity index (χ1v) is 9.54. The monoisotopic (exact) mass is 382 g/mol. The quantitative estimate of drug-likeness (QED) is 0.533. The minimum absolute atomic E-state index is 0.0558. The van der Waals surface area contributed by atoms with E-state index in [0.29, 0.717) is 6.42 Å². The fraction of sp³-hybridized carbons (Fsp3) is 0.409. The molecule has 1 aliphatic heterocycles. The molecule has 2 aromatic carbocycles. The van der Waals surface area contributed by atoms with Gasteiger partial charge in [-0.2, -0.15) is 0 Å². The molecule has 0 spiro atoms. The summed E-state index contributed by atoms with van der Waals surface area (Å²) in [4.78, 5) is 25.5. The minimum atomic E-state index is -0.586. The highest BCUT2D eigenvalue weighted by Gasteiger charge is 2.40. The molecule has 6 heteroatoms. The van der Waals surface area contributed by atoms with Crippen LogP contribution in [-0.2, 0) is 11.2 Å². The molecule has 0 aliphatic carbocycles. The number of hydrogen-bond acceptors (Lipinski definition) is 4. The highest BCUT2D eigenvalue weighted by atomic mass is 16.6. The second kappa shape index (κ2) is 8.00. The van der Waals surface area contributed by atoms with Gasteiger partial charge in [-0.25, -0.2) is 4.79 Å². The number of nitrogens with zero attached hydrogens (tertiary/aromatic N) is 2. The van der Waals surface area contributed by atoms with E-state index in [1.165, 1.54) is 6.07 Å². The van der Waals surface area contributed by atoms with Gasteiger partial charge in [-0.15, -0.1) is 0 Å². The van der Waals surface area contributed by atoms with E-state index in [0.717, 1.165) is 24.0 Å². The summed E-state index contributed by atoms with van der Waals surface area (Å²) >= 11 is 0. The van der Waals surface area contributed by atoms with Crippen LogP contribution in [0.15, 0.2) is 54.6 Å². The lowest BCUT2D eigenvalue weighted by atomic mass is 10.0. The Kier molecular flexibility index (Phi) is 5.68. The largest absolute Gasteiger partial charge is 0.444 e. The summed E-state index contributed by atoms with van der Waals surface area (Å²) in [5.41, 5.74) is 1.41. The fourth-order valence-corrected chi connectivity index (χ4v) is 3.75. The molecule has 3 rings (SSSR count). The fourth-order valence-electron chi connectivity index (χ4n) is 3.75. The van der Waals surface area contributed by atoms with Crippen molar-refractivity contribution >= 4 is 11.8 Å². The van der Waals surface area contributed by atoms with Crippen LogP contribution in [-0.4, -0.2) is 27.6 Å². The van der Waals surface area contributed by atoms with Crippen molar-refractivity contribution in [1.29, 1.82) is 0 Å². The Bertz CT molecular complexity index is 845. The van der Waals surface area contributed by atoms with Gasteiger partial charge in [-0.05, 0) is 51.2 Å². The SMILES string of the molecule is CC(C)(C)OC(=O)N1[C@@H](Cc2cccc([N+](=O)[O-])c2)CC[C@H]1c1ccccc1. The average molecular weight is 382 g/mol. The molecule has 1 heterocycles. The molecule has 1 aliphatic rings. The first kappa shape index (κ1) is 19.9. The first-order valence-electron chi connectivity index (χ1n) is 9.54. The first-order chi connectivity index (χ1) is 13.2. The lowest BCUT2D eigenvalue weighted by molar-refractivity contribution is -0.384. The highest BCUT2D eigenvalue weighted by molar-refractivity contribution is 5.70. The van der Waals surface area contributed by atoms with E-state index in [1.807, 2.05) is 62.1 Å². The predicted molar refractivity (Wildman–Crippen MR) is 107 cm³/mol. The van der Waals surface area contributed by atoms with Crippen LogP contribution in [0.5, 0.6) is 0 Å². The Balaban J connectivity index is 1.87. The van der Waals surface area contributed by atoms with Gasteiger partial charge in [0.25, 0.3) is 5.69 Å². The highest BCUT2D eigenvalue weighted by Crippen LogP contribution is 2.38. The molecule has 0 saturated carbocycles. The molecule has 6 nitrogen and oxygen atoms in total. The van der Waals surface area contributed by atoms with Crippen LogP contribution in [0, 0.1) is 10.1 Å². The third-order valence-electron chi connectivity index (χ3n) is 4.88. The number of amides is 1. The van der Waals surface area contributed by atoms with Crippen molar-refractivity contribution in [3.63, 3.8) is 0 Å². The number of ether oxygens (including phenoxy) is 1. The van der Waals surface area contributed by atoms with Crippen molar-refractivity contribution in [2.24, 2.45) is 0 Å². The summed E-state index contributed by atoms with van der Waals surface area (Å²) in [5.74, 6) is 0. The van der Waals surface area contributed by atoms with Crippen molar-refractivity contribution in [2.45, 2.75) is 57.7 Å². The van der Waals surface area contributed by atoms with E-state index in [2.05, 4.69) is 0 Å². The van der Waals surface area contributed by atoms with Crippen LogP contribution in [0.2, 0.25) is 0 Å². The Morgan fingerprint density at radius 3 is 2.50 bits per heavy atom. The lowest BCUT2D eigenvalue weighted by Gasteiger charge is -2.33. The van der Waals surface area contributed by atoms with Crippen LogP contribution < -0.4 is 0 Å². The molecule has 0 N–H and O–H groups in total. The van der Waals surface area contributed by atoms with Gasteiger partial charge in [0.15, 0.2) is 0 Å². The summed E-state index contributed by atoms with van der Waals surface area (Å²) in [6, 6.07) is 16.5. The van der Waals surface area contributed by atoms with Crippen molar-refractivity contribution in [3.8, 4) is 0 Å². The maximum Gasteiger partial charge on any atom is 0.411 e. The third kappa shape index (κ3) is 4.68. The number of carbonyl (C=O) groups is 1. The van der Waals surface area contributed by atoms with E-state index < -0.39 is 10.5 Å². The van der Waals surface area contributed by atoms with Gasteiger partial charge in [0, 0.05) is 18.2 Å². The van der Waals surface area contributed by atoms with Crippen LogP contribution in [0.3, 0.4) is 0 Å². The van der Waals surface area contributed by atoms with Gasteiger partial charge >= 0.3 is 6.09 Å². The average Bonchev–Trinajstić information content (AvgIpc) is 3.05. The molecular weight excluding hydrogens is 356 g/mol. The van der Waals surface area contributed by atoms with E-state index in [-0.39, 0.29) is 23.9 Å². The Morgan fingerprint density at radius 1 is 1.14 bits per heavy atom. The van der Waals surface area contributed by atoms with Crippen LogP contribution in [0.1, 0.15) is 50.8 Å². The summed E-state index contributed by atoms with van der Waals surface area (Å²) in [5, 5.41) is 11.1. The number of benzene rings is 2. The number of carbonyl (C=O) groups excluding carboxylic acids is 1. The molecule has 0 aromatic heterocycles. The zero-order chi connectivity index (χ0) is 20.3. The van der Waals surface area contributed by atoms with Crippen LogP contribution in [0.4, 0.5) is 10.5 Å². The van der Waals surface area contributed by atoms with Crippen LogP contribution >= 0.6 is 0 Å². The Labute approximate surface area is 165 Å². The Hall–Kier alpha value is -2.89. The van der Waals surface area contributed by atoms with Crippen molar-refractivity contribution in [1.82, 2.24) is 4.90 Å². The zero-order valence-electron chi connectivity index (χ0n) is 16.5. The third-order valence-corrected chi connectivity index (χ3v) is 4.88. The standard InChI is InChI=1S/C22H26N2O4/c1-22(2,3)28-21(25)23-18(12-13-20(23)17-9-5-4-6-10-17)14-16-8-7-11-19(15-16)24(26)27/h4-11,15,18,20H,12-14H2,1-3H3/t18-,20+/m1/s1. The van der Waals surface area contributed by atoms with Crippen molar-refractivity contribution in [2.75, 3.05) is 0 Å². The Morgan fingerprint density at radius 2 is 1.86 bits per heavy atom. The number of likely N-dealkylation sites (tertiary alicyclic amines) is 1. The van der Waals surface area contributed by atoms with E-state index in [4.69, 9.17) is 4.74 Å². The molecule has 0 bridgehead atoms. The van der Waals surface area contributed by atoms with E-state index in [1.54, 1.807) is 12.1 Å². The second-order valence-corrected chi connectivity index (χ2v) is 8.18. The number of nitro groups is 1. The molecule has 1 amide bonds. The zero-order valence-corrected chi connectivity index (χ0v) is 16.5. The molecule has 2 aromatic rings. The number of rotatable bonds is 4. The summed E-state index contributed by atoms with van der Waals surface area (Å²) in [7, 11) is 0. The van der Waals surface area contributed by atoms with Gasteiger partial charge < -0.3 is 4.74 Å². The molecule has 148 valence electrons. The molecule has 1 saturated heterocycles. The topological polar surface area (TPSA) is 72.7 Å². The number of nitro benzene ring substituents is 1. The van der Waals surface area contributed by atoms with Gasteiger partial charge in [0.05, 0.1) is 11.0 Å². The number of hydrogen-bond donors (Lipinski definition) is 0. The molecular formula is C22H26N2O4. The lowest BCUT2D eigenvalue weighted by Crippen LogP contribution is -2.42. The number of non-ortho nitro benzene ring substituents is 1. The van der Waals surface area contributed by atoms with Crippen molar-refractivity contribution < 1.29 is 14.5 Å². The normalized spacial score (nSPS) is 19.5. The second-order valence-electron chi connectivity index (χ2n) is 8.18. The summed E-state index contributed by atoms with van der Waals surface area (Å²) < 4.78 is 5.68. The molecule has 1 fully saturated rings. The summed E-state index contributed by atoms with van der Waals surface area (Å²) in [6.45, 7) is 5.57. The molecule has 0 radical (unpaired) electrons.